The van der Waals surface area contributed by atoms with Crippen LogP contribution in [0.3, 0.4) is 0 Å². The Morgan fingerprint density at radius 1 is 1.21 bits per heavy atom. The van der Waals surface area contributed by atoms with Crippen LogP contribution in [0.25, 0.3) is 0 Å². The van der Waals surface area contributed by atoms with Crippen molar-refractivity contribution in [3.63, 3.8) is 0 Å². The highest BCUT2D eigenvalue weighted by atomic mass is 32.2. The highest BCUT2D eigenvalue weighted by Gasteiger charge is 2.40. The molecule has 0 saturated heterocycles. The van der Waals surface area contributed by atoms with Gasteiger partial charge in [0.15, 0.2) is 0 Å². The van der Waals surface area contributed by atoms with Crippen molar-refractivity contribution in [2.24, 2.45) is 11.8 Å². The highest BCUT2D eigenvalue weighted by molar-refractivity contribution is 8.00. The van der Waals surface area contributed by atoms with Gasteiger partial charge in [-0.25, -0.2) is 0 Å². The zero-order valence-corrected chi connectivity index (χ0v) is 22.2. The molecule has 0 aliphatic heterocycles. The summed E-state index contributed by atoms with van der Waals surface area (Å²) in [5, 5.41) is 10.7. The SMILES string of the molecule is CCCCC[C@H](O)/C=C/[C@H]1C(SCCN(CC)CC)CC(=O)[C@@H]1C/C=C\CCCC(=O)OC. The van der Waals surface area contributed by atoms with E-state index in [1.807, 2.05) is 17.8 Å². The van der Waals surface area contributed by atoms with E-state index in [4.69, 9.17) is 0 Å². The van der Waals surface area contributed by atoms with E-state index in [0.29, 0.717) is 18.6 Å². The van der Waals surface area contributed by atoms with Crippen LogP contribution >= 0.6 is 11.8 Å². The van der Waals surface area contributed by atoms with Gasteiger partial charge in [0, 0.05) is 36.3 Å². The molecule has 33 heavy (non-hydrogen) atoms. The number of Topliss-reactive ketones (excluding diaryl/α,β-unsaturated/α-hetero) is 1. The first kappa shape index (κ1) is 29.9. The van der Waals surface area contributed by atoms with Crippen molar-refractivity contribution in [2.45, 2.75) is 89.9 Å². The van der Waals surface area contributed by atoms with Gasteiger partial charge in [-0.05, 0) is 44.7 Å². The van der Waals surface area contributed by atoms with Gasteiger partial charge >= 0.3 is 5.97 Å². The van der Waals surface area contributed by atoms with Crippen LogP contribution < -0.4 is 0 Å². The van der Waals surface area contributed by atoms with Crippen molar-refractivity contribution in [1.82, 2.24) is 4.90 Å². The number of ketones is 1. The third-order valence-corrected chi connectivity index (χ3v) is 7.87. The summed E-state index contributed by atoms with van der Waals surface area (Å²) in [4.78, 5) is 26.5. The number of carbonyl (C=O) groups is 2. The van der Waals surface area contributed by atoms with Crippen LogP contribution in [0.15, 0.2) is 24.3 Å². The van der Waals surface area contributed by atoms with Crippen LogP contribution in [0.2, 0.25) is 0 Å². The minimum absolute atomic E-state index is 0.0214. The summed E-state index contributed by atoms with van der Waals surface area (Å²) in [6, 6.07) is 0. The summed E-state index contributed by atoms with van der Waals surface area (Å²) in [6.45, 7) is 9.69. The topological polar surface area (TPSA) is 66.8 Å². The van der Waals surface area contributed by atoms with Crippen molar-refractivity contribution in [3.05, 3.63) is 24.3 Å². The zero-order chi connectivity index (χ0) is 24.5. The number of nitrogens with zero attached hydrogens (tertiary/aromatic N) is 1. The van der Waals surface area contributed by atoms with Crippen molar-refractivity contribution in [2.75, 3.05) is 32.5 Å². The summed E-state index contributed by atoms with van der Waals surface area (Å²) in [7, 11) is 1.41. The molecule has 1 N–H and O–H groups in total. The van der Waals surface area contributed by atoms with Gasteiger partial charge in [0.2, 0.25) is 0 Å². The Kier molecular flexibility index (Phi) is 16.5. The van der Waals surface area contributed by atoms with E-state index in [1.54, 1.807) is 0 Å². The van der Waals surface area contributed by atoms with Crippen LogP contribution in [0.1, 0.15) is 78.6 Å². The lowest BCUT2D eigenvalue weighted by Crippen LogP contribution is -2.26. The summed E-state index contributed by atoms with van der Waals surface area (Å²) < 4.78 is 4.68. The van der Waals surface area contributed by atoms with Crippen LogP contribution in [0, 0.1) is 11.8 Å². The lowest BCUT2D eigenvalue weighted by atomic mass is 9.91. The van der Waals surface area contributed by atoms with Gasteiger partial charge in [-0.3, -0.25) is 9.59 Å². The molecule has 0 radical (unpaired) electrons. The molecule has 1 aliphatic rings. The number of thioether (sulfide) groups is 1. The Morgan fingerprint density at radius 2 is 1.97 bits per heavy atom. The number of rotatable bonds is 18. The second kappa shape index (κ2) is 18.2. The van der Waals surface area contributed by atoms with E-state index in [1.165, 1.54) is 7.11 Å². The van der Waals surface area contributed by atoms with Crippen molar-refractivity contribution in [3.8, 4) is 0 Å². The number of esters is 1. The Labute approximate surface area is 206 Å². The summed E-state index contributed by atoms with van der Waals surface area (Å²) >= 11 is 1.91. The summed E-state index contributed by atoms with van der Waals surface area (Å²) in [5.41, 5.74) is 0. The average Bonchev–Trinajstić information content (AvgIpc) is 3.11. The molecular formula is C27H47NO4S. The Bertz CT molecular complexity index is 603. The standard InChI is InChI=1S/C27H47NO4S/c1-5-8-11-14-22(29)17-18-24-23(15-12-9-10-13-16-27(31)32-4)25(30)21-26(24)33-20-19-28(6-2)7-3/h9,12,17-18,22-24,26,29H,5-8,10-11,13-16,19-21H2,1-4H3/b12-9-,18-17+/t22-,23+,24+,26?/m0/s1. The van der Waals surface area contributed by atoms with E-state index in [2.05, 4.69) is 48.6 Å². The van der Waals surface area contributed by atoms with E-state index in [0.717, 1.165) is 70.3 Å². The number of ether oxygens (including phenoxy) is 1. The molecule has 1 rings (SSSR count). The van der Waals surface area contributed by atoms with Crippen LogP contribution in [0.4, 0.5) is 0 Å². The molecule has 0 spiro atoms. The number of aliphatic hydroxyl groups excluding tert-OH is 1. The molecule has 0 bridgehead atoms. The summed E-state index contributed by atoms with van der Waals surface area (Å²) in [5.74, 6) is 1.33. The first-order chi connectivity index (χ1) is 16.0. The quantitative estimate of drug-likeness (QED) is 0.160. The fraction of sp³-hybridized carbons (Fsp3) is 0.778. The maximum Gasteiger partial charge on any atom is 0.305 e. The van der Waals surface area contributed by atoms with Crippen LogP contribution in [0.5, 0.6) is 0 Å². The normalized spacial score (nSPS) is 22.1. The van der Waals surface area contributed by atoms with Gasteiger partial charge in [-0.15, -0.1) is 0 Å². The first-order valence-electron chi connectivity index (χ1n) is 12.9. The number of hydrogen-bond acceptors (Lipinski definition) is 6. The molecule has 0 heterocycles. The molecule has 5 nitrogen and oxygen atoms in total. The van der Waals surface area contributed by atoms with Gasteiger partial charge < -0.3 is 14.7 Å². The van der Waals surface area contributed by atoms with Gasteiger partial charge in [-0.2, -0.15) is 11.8 Å². The Hall–Kier alpha value is -1.11. The maximum absolute atomic E-state index is 12.9. The molecule has 1 saturated carbocycles. The first-order valence-corrected chi connectivity index (χ1v) is 14.0. The monoisotopic (exact) mass is 481 g/mol. The van der Waals surface area contributed by atoms with E-state index >= 15 is 0 Å². The van der Waals surface area contributed by atoms with Crippen molar-refractivity contribution < 1.29 is 19.4 Å². The van der Waals surface area contributed by atoms with Gasteiger partial charge in [0.25, 0.3) is 0 Å². The molecule has 0 aromatic carbocycles. The second-order valence-electron chi connectivity index (χ2n) is 8.91. The minimum Gasteiger partial charge on any atom is -0.469 e. The van der Waals surface area contributed by atoms with Gasteiger partial charge in [-0.1, -0.05) is 64.3 Å². The van der Waals surface area contributed by atoms with Gasteiger partial charge in [0.1, 0.15) is 5.78 Å². The predicted octanol–water partition coefficient (Wildman–Crippen LogP) is 5.42. The number of methoxy groups -OCH3 is 1. The minimum atomic E-state index is -0.428. The molecule has 0 aromatic rings. The number of allylic oxidation sites excluding steroid dienone is 3. The smallest absolute Gasteiger partial charge is 0.305 e. The fourth-order valence-electron chi connectivity index (χ4n) is 4.33. The third kappa shape index (κ3) is 12.2. The van der Waals surface area contributed by atoms with Crippen LogP contribution in [-0.2, 0) is 14.3 Å². The Balaban J connectivity index is 2.71. The lowest BCUT2D eigenvalue weighted by molar-refractivity contribution is -0.140. The predicted molar refractivity (Wildman–Crippen MR) is 140 cm³/mol. The molecule has 1 unspecified atom stereocenters. The number of unbranched alkanes of at least 4 members (excludes halogenated alkanes) is 3. The molecule has 0 aromatic heterocycles. The maximum atomic E-state index is 12.9. The third-order valence-electron chi connectivity index (χ3n) is 6.54. The Morgan fingerprint density at radius 3 is 2.64 bits per heavy atom. The second-order valence-corrected chi connectivity index (χ2v) is 10.3. The molecule has 190 valence electrons. The molecular weight excluding hydrogens is 434 g/mol. The lowest BCUT2D eigenvalue weighted by Gasteiger charge is -2.22. The largest absolute Gasteiger partial charge is 0.469 e. The van der Waals surface area contributed by atoms with E-state index in [-0.39, 0.29) is 23.1 Å². The highest BCUT2D eigenvalue weighted by Crippen LogP contribution is 2.40. The molecule has 0 amide bonds. The molecule has 4 atom stereocenters. The molecule has 1 fully saturated rings. The number of aliphatic hydroxyl groups is 1. The summed E-state index contributed by atoms with van der Waals surface area (Å²) in [6.07, 6.45) is 15.3. The average molecular weight is 482 g/mol. The van der Waals surface area contributed by atoms with E-state index < -0.39 is 6.10 Å². The van der Waals surface area contributed by atoms with Crippen molar-refractivity contribution in [1.29, 1.82) is 0 Å². The van der Waals surface area contributed by atoms with E-state index in [9.17, 15) is 14.7 Å². The number of carbonyl (C=O) groups excluding carboxylic acids is 2. The van der Waals surface area contributed by atoms with Crippen molar-refractivity contribution >= 4 is 23.5 Å². The number of hydrogen-bond donors (Lipinski definition) is 1. The van der Waals surface area contributed by atoms with Crippen LogP contribution in [-0.4, -0.2) is 65.6 Å². The fourth-order valence-corrected chi connectivity index (χ4v) is 5.78. The molecule has 6 heteroatoms. The zero-order valence-electron chi connectivity index (χ0n) is 21.3. The van der Waals surface area contributed by atoms with Gasteiger partial charge in [0.05, 0.1) is 13.2 Å². The molecule has 1 aliphatic carbocycles.